The van der Waals surface area contributed by atoms with E-state index >= 15 is 0 Å². The van der Waals surface area contributed by atoms with Crippen LogP contribution in [0.1, 0.15) is 12.5 Å². The second-order valence-corrected chi connectivity index (χ2v) is 3.15. The van der Waals surface area contributed by atoms with Crippen LogP contribution < -0.4 is 0 Å². The van der Waals surface area contributed by atoms with Gasteiger partial charge in [0, 0.05) is 29.4 Å². The van der Waals surface area contributed by atoms with Crippen LogP contribution in [-0.2, 0) is 9.53 Å². The van der Waals surface area contributed by atoms with E-state index in [4.69, 9.17) is 9.15 Å². The zero-order valence-corrected chi connectivity index (χ0v) is 8.84. The normalized spacial score (nSPS) is 11.1. The Kier molecular flexibility index (Phi) is 3.00. The minimum absolute atomic E-state index is 0.360. The van der Waals surface area contributed by atoms with Gasteiger partial charge in [-0.25, -0.2) is 4.79 Å². The molecule has 0 radical (unpaired) electrons. The van der Waals surface area contributed by atoms with Crippen LogP contribution in [0.4, 0.5) is 0 Å². The minimum Gasteiger partial charge on any atom is -0.464 e. The summed E-state index contributed by atoms with van der Waals surface area (Å²) in [6, 6.07) is 1.77. The lowest BCUT2D eigenvalue weighted by atomic mass is 10.2. The van der Waals surface area contributed by atoms with Gasteiger partial charge in [-0.05, 0) is 19.1 Å². The van der Waals surface area contributed by atoms with Crippen molar-refractivity contribution in [2.75, 3.05) is 6.61 Å². The van der Waals surface area contributed by atoms with Gasteiger partial charge in [0.1, 0.15) is 5.58 Å². The van der Waals surface area contributed by atoms with Crippen molar-refractivity contribution in [3.8, 4) is 0 Å². The molecule has 0 aromatic carbocycles. The van der Waals surface area contributed by atoms with Crippen molar-refractivity contribution in [1.82, 2.24) is 4.98 Å². The molecular formula is C12H11NO3. The first-order valence-electron chi connectivity index (χ1n) is 4.97. The highest BCUT2D eigenvalue weighted by atomic mass is 16.5. The molecule has 0 N–H and O–H groups in total. The molecule has 16 heavy (non-hydrogen) atoms. The fourth-order valence-electron chi connectivity index (χ4n) is 1.37. The molecule has 4 nitrogen and oxygen atoms in total. The molecule has 2 aromatic heterocycles. The summed E-state index contributed by atoms with van der Waals surface area (Å²) in [6.45, 7) is 2.14. The number of nitrogens with zero attached hydrogens (tertiary/aromatic N) is 1. The van der Waals surface area contributed by atoms with Crippen LogP contribution in [0.15, 0.2) is 35.2 Å². The maximum Gasteiger partial charge on any atom is 0.330 e. The highest BCUT2D eigenvalue weighted by Crippen LogP contribution is 2.20. The van der Waals surface area contributed by atoms with Crippen molar-refractivity contribution in [3.05, 3.63) is 36.4 Å². The molecule has 2 aromatic rings. The SMILES string of the molecule is CCOC(=O)/C=C/c1coc2ccncc12. The summed E-state index contributed by atoms with van der Waals surface area (Å²) >= 11 is 0. The molecule has 0 spiro atoms. The molecule has 0 saturated heterocycles. The molecule has 0 amide bonds. The maximum atomic E-state index is 11.1. The standard InChI is InChI=1S/C12H11NO3/c1-2-15-12(14)4-3-9-8-16-11-5-6-13-7-10(9)11/h3-8H,2H2,1H3/b4-3+. The first kappa shape index (κ1) is 10.4. The predicted octanol–water partition coefficient (Wildman–Crippen LogP) is 2.40. The summed E-state index contributed by atoms with van der Waals surface area (Å²) in [7, 11) is 0. The van der Waals surface area contributed by atoms with Crippen LogP contribution in [0.25, 0.3) is 17.0 Å². The molecule has 2 heterocycles. The molecule has 0 aliphatic rings. The third kappa shape index (κ3) is 2.11. The van der Waals surface area contributed by atoms with Gasteiger partial charge >= 0.3 is 5.97 Å². The molecular weight excluding hydrogens is 206 g/mol. The summed E-state index contributed by atoms with van der Waals surface area (Å²) in [5, 5.41) is 0.878. The van der Waals surface area contributed by atoms with E-state index in [0.29, 0.717) is 6.61 Å². The molecule has 0 aliphatic heterocycles. The summed E-state index contributed by atoms with van der Waals surface area (Å²) in [5.41, 5.74) is 1.56. The number of hydrogen-bond acceptors (Lipinski definition) is 4. The Labute approximate surface area is 92.5 Å². The van der Waals surface area contributed by atoms with Crippen LogP contribution in [-0.4, -0.2) is 17.6 Å². The Bertz CT molecular complexity index is 528. The second kappa shape index (κ2) is 4.61. The number of hydrogen-bond donors (Lipinski definition) is 0. The third-order valence-corrected chi connectivity index (χ3v) is 2.09. The first-order valence-corrected chi connectivity index (χ1v) is 4.97. The summed E-state index contributed by atoms with van der Waals surface area (Å²) in [6.07, 6.45) is 7.97. The van der Waals surface area contributed by atoms with Gasteiger partial charge in [0.15, 0.2) is 0 Å². The average Bonchev–Trinajstić information content (AvgIpc) is 2.70. The van der Waals surface area contributed by atoms with Crippen molar-refractivity contribution >= 4 is 23.0 Å². The minimum atomic E-state index is -0.360. The molecule has 0 saturated carbocycles. The van der Waals surface area contributed by atoms with E-state index < -0.39 is 0 Å². The van der Waals surface area contributed by atoms with E-state index in [0.717, 1.165) is 16.5 Å². The number of ether oxygens (including phenoxy) is 1. The lowest BCUT2D eigenvalue weighted by Crippen LogP contribution is -1.98. The molecule has 0 bridgehead atoms. The van der Waals surface area contributed by atoms with Gasteiger partial charge in [0.2, 0.25) is 0 Å². The summed E-state index contributed by atoms with van der Waals surface area (Å²) in [4.78, 5) is 15.1. The lowest BCUT2D eigenvalue weighted by molar-refractivity contribution is -0.137. The first-order chi connectivity index (χ1) is 7.81. The van der Waals surface area contributed by atoms with Crippen LogP contribution in [0.5, 0.6) is 0 Å². The van der Waals surface area contributed by atoms with E-state index in [1.807, 2.05) is 0 Å². The number of pyridine rings is 1. The Morgan fingerprint density at radius 3 is 3.31 bits per heavy atom. The molecule has 2 rings (SSSR count). The molecule has 0 fully saturated rings. The second-order valence-electron chi connectivity index (χ2n) is 3.15. The monoisotopic (exact) mass is 217 g/mol. The van der Waals surface area contributed by atoms with Crippen molar-refractivity contribution < 1.29 is 13.9 Å². The number of carbonyl (C=O) groups excluding carboxylic acids is 1. The Balaban J connectivity index is 2.24. The Morgan fingerprint density at radius 2 is 2.50 bits per heavy atom. The largest absolute Gasteiger partial charge is 0.464 e. The fraction of sp³-hybridized carbons (Fsp3) is 0.167. The van der Waals surface area contributed by atoms with Gasteiger partial charge < -0.3 is 9.15 Å². The van der Waals surface area contributed by atoms with Gasteiger partial charge in [-0.2, -0.15) is 0 Å². The molecule has 0 atom stereocenters. The fourth-order valence-corrected chi connectivity index (χ4v) is 1.37. The third-order valence-electron chi connectivity index (χ3n) is 2.09. The van der Waals surface area contributed by atoms with E-state index in [1.54, 1.807) is 37.7 Å². The maximum absolute atomic E-state index is 11.1. The van der Waals surface area contributed by atoms with Gasteiger partial charge in [-0.3, -0.25) is 4.98 Å². The van der Waals surface area contributed by atoms with Crippen LogP contribution in [0.2, 0.25) is 0 Å². The topological polar surface area (TPSA) is 52.3 Å². The molecule has 0 unspecified atom stereocenters. The van der Waals surface area contributed by atoms with E-state index in [2.05, 4.69) is 4.98 Å². The number of aromatic nitrogens is 1. The molecule has 0 aliphatic carbocycles. The van der Waals surface area contributed by atoms with Crippen LogP contribution >= 0.6 is 0 Å². The van der Waals surface area contributed by atoms with Crippen molar-refractivity contribution in [2.45, 2.75) is 6.92 Å². The number of furan rings is 1. The van der Waals surface area contributed by atoms with Gasteiger partial charge in [0.25, 0.3) is 0 Å². The number of esters is 1. The van der Waals surface area contributed by atoms with E-state index in [9.17, 15) is 4.79 Å². The average molecular weight is 217 g/mol. The summed E-state index contributed by atoms with van der Waals surface area (Å²) in [5.74, 6) is -0.360. The van der Waals surface area contributed by atoms with Crippen molar-refractivity contribution in [3.63, 3.8) is 0 Å². The highest BCUT2D eigenvalue weighted by molar-refractivity contribution is 5.92. The van der Waals surface area contributed by atoms with Gasteiger partial charge in [-0.1, -0.05) is 0 Å². The smallest absolute Gasteiger partial charge is 0.330 e. The van der Waals surface area contributed by atoms with Crippen molar-refractivity contribution in [1.29, 1.82) is 0 Å². The Hall–Kier alpha value is -2.10. The molecule has 4 heteroatoms. The summed E-state index contributed by atoms with van der Waals surface area (Å²) < 4.78 is 10.1. The molecule has 82 valence electrons. The predicted molar refractivity (Wildman–Crippen MR) is 59.7 cm³/mol. The van der Waals surface area contributed by atoms with Gasteiger partial charge in [-0.15, -0.1) is 0 Å². The van der Waals surface area contributed by atoms with Crippen LogP contribution in [0, 0.1) is 0 Å². The van der Waals surface area contributed by atoms with Crippen molar-refractivity contribution in [2.24, 2.45) is 0 Å². The zero-order chi connectivity index (χ0) is 11.4. The number of rotatable bonds is 3. The quantitative estimate of drug-likeness (QED) is 0.585. The van der Waals surface area contributed by atoms with E-state index in [1.165, 1.54) is 6.08 Å². The zero-order valence-electron chi connectivity index (χ0n) is 8.84. The number of fused-ring (bicyclic) bond motifs is 1. The van der Waals surface area contributed by atoms with E-state index in [-0.39, 0.29) is 5.97 Å². The van der Waals surface area contributed by atoms with Gasteiger partial charge in [0.05, 0.1) is 12.9 Å². The van der Waals surface area contributed by atoms with Crippen LogP contribution in [0.3, 0.4) is 0 Å². The lowest BCUT2D eigenvalue weighted by Gasteiger charge is -1.93. The highest BCUT2D eigenvalue weighted by Gasteiger charge is 2.02. The number of carbonyl (C=O) groups is 1. The Morgan fingerprint density at radius 1 is 1.62 bits per heavy atom.